The van der Waals surface area contributed by atoms with Gasteiger partial charge in [-0.2, -0.15) is 5.10 Å². The highest BCUT2D eigenvalue weighted by Gasteiger charge is 2.51. The standard InChI is InChI=1S/C26H20N2O3/c1-16-21(26(31)28(27-16)18-12-6-3-7-13-18)22(17-10-4-2-5-11-17)23-24(29)19-14-8-9-15-20(19)25(23)30/h2-15,21-23H,1H3. The number of anilines is 1. The molecule has 152 valence electrons. The molecule has 5 heteroatoms. The number of ketones is 2. The minimum Gasteiger partial charge on any atom is -0.293 e. The number of para-hydroxylation sites is 1. The Labute approximate surface area is 180 Å². The number of hydrogen-bond acceptors (Lipinski definition) is 4. The third-order valence-corrected chi connectivity index (χ3v) is 6.11. The Hall–Kier alpha value is -3.86. The van der Waals surface area contributed by atoms with Crippen LogP contribution in [0.25, 0.3) is 0 Å². The van der Waals surface area contributed by atoms with Crippen molar-refractivity contribution in [1.82, 2.24) is 0 Å². The van der Waals surface area contributed by atoms with Gasteiger partial charge in [0.1, 0.15) is 0 Å². The first-order chi connectivity index (χ1) is 15.1. The van der Waals surface area contributed by atoms with E-state index in [0.29, 0.717) is 22.5 Å². The van der Waals surface area contributed by atoms with Crippen molar-refractivity contribution in [2.75, 3.05) is 5.01 Å². The number of nitrogens with zero attached hydrogens (tertiary/aromatic N) is 2. The number of hydrazone groups is 1. The van der Waals surface area contributed by atoms with Crippen LogP contribution in [0.4, 0.5) is 5.69 Å². The predicted octanol–water partition coefficient (Wildman–Crippen LogP) is 4.50. The van der Waals surface area contributed by atoms with E-state index < -0.39 is 17.8 Å². The van der Waals surface area contributed by atoms with Crippen LogP contribution in [-0.2, 0) is 4.79 Å². The molecule has 0 aromatic heterocycles. The quantitative estimate of drug-likeness (QED) is 0.597. The van der Waals surface area contributed by atoms with Gasteiger partial charge < -0.3 is 0 Å². The van der Waals surface area contributed by atoms with Crippen LogP contribution in [0.3, 0.4) is 0 Å². The SMILES string of the molecule is CC1=NN(c2ccccc2)C(=O)C1C(c1ccccc1)C1C(=O)c2ccccc2C1=O. The molecule has 1 amide bonds. The summed E-state index contributed by atoms with van der Waals surface area (Å²) in [6.07, 6.45) is 0. The molecule has 0 N–H and O–H groups in total. The van der Waals surface area contributed by atoms with Crippen molar-refractivity contribution in [1.29, 1.82) is 0 Å². The van der Waals surface area contributed by atoms with Gasteiger partial charge in [0.2, 0.25) is 0 Å². The summed E-state index contributed by atoms with van der Waals surface area (Å²) in [6, 6.07) is 25.4. The monoisotopic (exact) mass is 408 g/mol. The number of benzene rings is 3. The van der Waals surface area contributed by atoms with E-state index in [1.807, 2.05) is 60.7 Å². The highest BCUT2D eigenvalue weighted by molar-refractivity contribution is 6.28. The minimum absolute atomic E-state index is 0.228. The molecule has 5 nitrogen and oxygen atoms in total. The molecule has 0 radical (unpaired) electrons. The summed E-state index contributed by atoms with van der Waals surface area (Å²) in [6.45, 7) is 1.79. The largest absolute Gasteiger partial charge is 0.293 e. The van der Waals surface area contributed by atoms with E-state index in [9.17, 15) is 14.4 Å². The number of amides is 1. The van der Waals surface area contributed by atoms with Crippen molar-refractivity contribution in [3.05, 3.63) is 102 Å². The lowest BCUT2D eigenvalue weighted by Crippen LogP contribution is -2.38. The lowest BCUT2D eigenvalue weighted by Gasteiger charge is -2.27. The maximum absolute atomic E-state index is 13.6. The van der Waals surface area contributed by atoms with Crippen molar-refractivity contribution in [3.63, 3.8) is 0 Å². The number of rotatable bonds is 4. The second kappa shape index (κ2) is 7.43. The Morgan fingerprint density at radius 2 is 1.23 bits per heavy atom. The van der Waals surface area contributed by atoms with Gasteiger partial charge >= 0.3 is 0 Å². The molecular formula is C26H20N2O3. The number of hydrogen-bond donors (Lipinski definition) is 0. The molecule has 2 aliphatic rings. The minimum atomic E-state index is -0.949. The first-order valence-corrected chi connectivity index (χ1v) is 10.2. The topological polar surface area (TPSA) is 66.8 Å². The van der Waals surface area contributed by atoms with Crippen molar-refractivity contribution in [3.8, 4) is 0 Å². The molecule has 5 rings (SSSR count). The maximum atomic E-state index is 13.6. The molecule has 0 fully saturated rings. The average Bonchev–Trinajstić information content (AvgIpc) is 3.24. The first-order valence-electron chi connectivity index (χ1n) is 10.2. The summed E-state index contributed by atoms with van der Waals surface area (Å²) in [4.78, 5) is 40.3. The summed E-state index contributed by atoms with van der Waals surface area (Å²) in [7, 11) is 0. The van der Waals surface area contributed by atoms with Crippen molar-refractivity contribution in [2.24, 2.45) is 16.9 Å². The van der Waals surface area contributed by atoms with Gasteiger partial charge in [0.25, 0.3) is 5.91 Å². The summed E-state index contributed by atoms with van der Waals surface area (Å²) in [5.41, 5.74) is 2.90. The van der Waals surface area contributed by atoms with E-state index in [0.717, 1.165) is 5.56 Å². The predicted molar refractivity (Wildman–Crippen MR) is 118 cm³/mol. The molecule has 1 aliphatic heterocycles. The van der Waals surface area contributed by atoms with Gasteiger partial charge in [-0.25, -0.2) is 5.01 Å². The molecule has 1 heterocycles. The molecule has 0 saturated heterocycles. The van der Waals surface area contributed by atoms with Crippen molar-refractivity contribution < 1.29 is 14.4 Å². The zero-order chi connectivity index (χ0) is 21.5. The van der Waals surface area contributed by atoms with Gasteiger partial charge in [0.15, 0.2) is 11.6 Å². The first kappa shape index (κ1) is 19.1. The van der Waals surface area contributed by atoms with Crippen molar-refractivity contribution >= 4 is 28.9 Å². The molecule has 0 saturated carbocycles. The smallest absolute Gasteiger partial charge is 0.256 e. The van der Waals surface area contributed by atoms with Gasteiger partial charge in [-0.1, -0.05) is 72.8 Å². The van der Waals surface area contributed by atoms with Crippen LogP contribution < -0.4 is 5.01 Å². The van der Waals surface area contributed by atoms with E-state index in [2.05, 4.69) is 5.10 Å². The summed E-state index contributed by atoms with van der Waals surface area (Å²) >= 11 is 0. The van der Waals surface area contributed by atoms with Crippen LogP contribution in [0.5, 0.6) is 0 Å². The van der Waals surface area contributed by atoms with Crippen LogP contribution >= 0.6 is 0 Å². The second-order valence-corrected chi connectivity index (χ2v) is 7.89. The van der Waals surface area contributed by atoms with E-state index >= 15 is 0 Å². The Balaban J connectivity index is 1.61. The molecular weight excluding hydrogens is 388 g/mol. The van der Waals surface area contributed by atoms with Gasteiger partial charge in [-0.3, -0.25) is 14.4 Å². The zero-order valence-electron chi connectivity index (χ0n) is 16.9. The molecule has 0 spiro atoms. The highest BCUT2D eigenvalue weighted by atomic mass is 16.2. The van der Waals surface area contributed by atoms with Gasteiger partial charge in [-0.05, 0) is 24.6 Å². The number of Topliss-reactive ketones (excluding diaryl/α,β-unsaturated/α-hetero) is 2. The van der Waals surface area contributed by atoms with Crippen LogP contribution in [-0.4, -0.2) is 23.2 Å². The fraction of sp³-hybridized carbons (Fsp3) is 0.154. The molecule has 3 aromatic carbocycles. The average molecular weight is 408 g/mol. The number of carbonyl (C=O) groups is 3. The molecule has 1 aliphatic carbocycles. The Morgan fingerprint density at radius 1 is 0.710 bits per heavy atom. The normalized spacial score (nSPS) is 19.5. The van der Waals surface area contributed by atoms with E-state index in [1.54, 1.807) is 31.2 Å². The van der Waals surface area contributed by atoms with Gasteiger partial charge in [0.05, 0.1) is 17.5 Å². The van der Waals surface area contributed by atoms with E-state index in [-0.39, 0.29) is 17.5 Å². The van der Waals surface area contributed by atoms with E-state index in [4.69, 9.17) is 0 Å². The molecule has 2 atom stereocenters. The molecule has 31 heavy (non-hydrogen) atoms. The zero-order valence-corrected chi connectivity index (χ0v) is 16.9. The third kappa shape index (κ3) is 3.01. The molecule has 2 unspecified atom stereocenters. The Bertz CT molecular complexity index is 1180. The molecule has 0 bridgehead atoms. The van der Waals surface area contributed by atoms with Crippen LogP contribution in [0, 0.1) is 11.8 Å². The van der Waals surface area contributed by atoms with Gasteiger partial charge in [-0.15, -0.1) is 0 Å². The summed E-state index contributed by atoms with van der Waals surface area (Å²) in [5.74, 6) is -2.96. The van der Waals surface area contributed by atoms with Crippen molar-refractivity contribution in [2.45, 2.75) is 12.8 Å². The number of fused-ring (bicyclic) bond motifs is 1. The fourth-order valence-corrected chi connectivity index (χ4v) is 4.69. The Morgan fingerprint density at radius 3 is 1.81 bits per heavy atom. The number of carbonyl (C=O) groups excluding carboxylic acids is 3. The lowest BCUT2D eigenvalue weighted by atomic mass is 9.73. The molecule has 3 aromatic rings. The van der Waals surface area contributed by atoms with Gasteiger partial charge in [0, 0.05) is 22.8 Å². The maximum Gasteiger partial charge on any atom is 0.256 e. The lowest BCUT2D eigenvalue weighted by molar-refractivity contribution is -0.120. The van der Waals surface area contributed by atoms with E-state index in [1.165, 1.54) is 5.01 Å². The fourth-order valence-electron chi connectivity index (χ4n) is 4.69. The van der Waals surface area contributed by atoms with Crippen LogP contribution in [0.2, 0.25) is 0 Å². The van der Waals surface area contributed by atoms with Crippen LogP contribution in [0.1, 0.15) is 39.1 Å². The summed E-state index contributed by atoms with van der Waals surface area (Å²) < 4.78 is 0. The van der Waals surface area contributed by atoms with Crippen LogP contribution in [0.15, 0.2) is 90.0 Å². The third-order valence-electron chi connectivity index (χ3n) is 6.11. The Kier molecular flexibility index (Phi) is 4.59. The summed E-state index contributed by atoms with van der Waals surface area (Å²) in [5, 5.41) is 5.90. The second-order valence-electron chi connectivity index (χ2n) is 7.89. The highest BCUT2D eigenvalue weighted by Crippen LogP contribution is 2.44.